The second-order valence-corrected chi connectivity index (χ2v) is 12.3. The summed E-state index contributed by atoms with van der Waals surface area (Å²) in [6, 6.07) is 14.6. The van der Waals surface area contributed by atoms with Gasteiger partial charge in [0.15, 0.2) is 0 Å². The number of benzene rings is 2. The Labute approximate surface area is 218 Å². The van der Waals surface area contributed by atoms with Crippen molar-refractivity contribution in [1.82, 2.24) is 4.90 Å². The van der Waals surface area contributed by atoms with E-state index in [-0.39, 0.29) is 16.7 Å². The van der Waals surface area contributed by atoms with Crippen LogP contribution in [0.15, 0.2) is 47.6 Å². The van der Waals surface area contributed by atoms with Gasteiger partial charge in [-0.3, -0.25) is 5.41 Å². The number of hydrogen-bond donors (Lipinski definition) is 2. The third-order valence-electron chi connectivity index (χ3n) is 7.28. The lowest BCUT2D eigenvalue weighted by Crippen LogP contribution is -2.33. The molecule has 2 atom stereocenters. The molecule has 0 amide bonds. The maximum atomic E-state index is 11.2. The standard InChI is InChI=1S/C31H45N3O2/c1-9-13-22-19-34(29(32)24(22)16-21-14-11-10-12-15-21)20-27(33-36-8)23-17-25(30(2,3)4)28(35)26(18-23)31(5,6)7/h10-12,14-15,17-18,22,24,32,35H,9,13,16,19-20H2,1-8H3/t22?,24-/m1/s1. The summed E-state index contributed by atoms with van der Waals surface area (Å²) in [6.45, 7) is 16.3. The molecule has 5 nitrogen and oxygen atoms in total. The zero-order valence-corrected chi connectivity index (χ0v) is 23.5. The van der Waals surface area contributed by atoms with Gasteiger partial charge in [-0.1, -0.05) is 90.4 Å². The fourth-order valence-corrected chi connectivity index (χ4v) is 5.32. The predicted octanol–water partition coefficient (Wildman–Crippen LogP) is 6.91. The first kappa shape index (κ1) is 27.8. The molecule has 1 heterocycles. The second kappa shape index (κ2) is 11.1. The number of amidine groups is 1. The van der Waals surface area contributed by atoms with Crippen LogP contribution < -0.4 is 0 Å². The van der Waals surface area contributed by atoms with Crippen molar-refractivity contribution in [3.8, 4) is 5.75 Å². The number of nitrogens with zero attached hydrogens (tertiary/aromatic N) is 2. The maximum Gasteiger partial charge on any atom is 0.123 e. The van der Waals surface area contributed by atoms with E-state index >= 15 is 0 Å². The van der Waals surface area contributed by atoms with Crippen molar-refractivity contribution in [2.45, 2.75) is 78.6 Å². The van der Waals surface area contributed by atoms with E-state index in [0.29, 0.717) is 24.0 Å². The van der Waals surface area contributed by atoms with Crippen LogP contribution in [0.2, 0.25) is 0 Å². The minimum absolute atomic E-state index is 0.200. The molecule has 0 saturated carbocycles. The molecule has 196 valence electrons. The van der Waals surface area contributed by atoms with Crippen LogP contribution in [-0.2, 0) is 22.1 Å². The fraction of sp³-hybridized carbons (Fsp3) is 0.548. The molecule has 0 aromatic heterocycles. The van der Waals surface area contributed by atoms with Gasteiger partial charge in [-0.05, 0) is 47.3 Å². The van der Waals surface area contributed by atoms with Crippen LogP contribution in [0.4, 0.5) is 0 Å². The summed E-state index contributed by atoms with van der Waals surface area (Å²) in [5.74, 6) is 1.69. The molecule has 0 spiro atoms. The predicted molar refractivity (Wildman–Crippen MR) is 150 cm³/mol. The average molecular weight is 492 g/mol. The summed E-state index contributed by atoms with van der Waals surface area (Å²) in [5.41, 5.74) is 4.35. The number of rotatable bonds is 8. The van der Waals surface area contributed by atoms with Gasteiger partial charge < -0.3 is 14.8 Å². The van der Waals surface area contributed by atoms with Crippen molar-refractivity contribution >= 4 is 11.5 Å². The Morgan fingerprint density at radius 3 is 2.14 bits per heavy atom. The molecule has 2 aromatic carbocycles. The second-order valence-electron chi connectivity index (χ2n) is 12.3. The van der Waals surface area contributed by atoms with Crippen LogP contribution >= 0.6 is 0 Å². The van der Waals surface area contributed by atoms with Gasteiger partial charge in [0.25, 0.3) is 0 Å². The summed E-state index contributed by atoms with van der Waals surface area (Å²) in [7, 11) is 1.57. The van der Waals surface area contributed by atoms with Crippen molar-refractivity contribution in [3.05, 3.63) is 64.7 Å². The van der Waals surface area contributed by atoms with E-state index in [4.69, 9.17) is 10.2 Å². The van der Waals surface area contributed by atoms with Crippen LogP contribution in [0.25, 0.3) is 0 Å². The molecule has 1 saturated heterocycles. The van der Waals surface area contributed by atoms with Crippen molar-refractivity contribution in [3.63, 3.8) is 0 Å². The topological polar surface area (TPSA) is 68.9 Å². The largest absolute Gasteiger partial charge is 0.507 e. The Morgan fingerprint density at radius 2 is 1.64 bits per heavy atom. The van der Waals surface area contributed by atoms with E-state index in [2.05, 4.69) is 82.8 Å². The van der Waals surface area contributed by atoms with E-state index in [0.717, 1.165) is 48.2 Å². The lowest BCUT2D eigenvalue weighted by atomic mass is 9.78. The quantitative estimate of drug-likeness (QED) is 0.311. The van der Waals surface area contributed by atoms with Gasteiger partial charge >= 0.3 is 0 Å². The third-order valence-corrected chi connectivity index (χ3v) is 7.28. The number of hydrogen-bond acceptors (Lipinski definition) is 4. The molecule has 1 fully saturated rings. The number of phenolic OH excluding ortho intramolecular Hbond substituents is 1. The Balaban J connectivity index is 1.97. The van der Waals surface area contributed by atoms with Gasteiger partial charge in [0.05, 0.1) is 12.4 Å². The highest BCUT2D eigenvalue weighted by molar-refractivity contribution is 6.04. The molecule has 3 rings (SSSR count). The molecular formula is C31H45N3O2. The summed E-state index contributed by atoms with van der Waals surface area (Å²) >= 11 is 0. The molecule has 2 N–H and O–H groups in total. The normalized spacial score (nSPS) is 19.2. The maximum absolute atomic E-state index is 11.2. The lowest BCUT2D eigenvalue weighted by Gasteiger charge is -2.29. The lowest BCUT2D eigenvalue weighted by molar-refractivity contribution is 0.212. The number of likely N-dealkylation sites (tertiary alicyclic amines) is 1. The molecule has 2 aromatic rings. The van der Waals surface area contributed by atoms with Gasteiger partial charge in [0.1, 0.15) is 18.6 Å². The summed E-state index contributed by atoms with van der Waals surface area (Å²) in [4.78, 5) is 7.48. The first-order valence-electron chi connectivity index (χ1n) is 13.2. The summed E-state index contributed by atoms with van der Waals surface area (Å²) in [6.07, 6.45) is 3.10. The molecule has 1 aliphatic rings. The number of phenols is 1. The minimum Gasteiger partial charge on any atom is -0.507 e. The van der Waals surface area contributed by atoms with Crippen LogP contribution in [-0.4, -0.2) is 41.8 Å². The first-order chi connectivity index (χ1) is 16.9. The van der Waals surface area contributed by atoms with Gasteiger partial charge in [-0.2, -0.15) is 0 Å². The molecule has 0 bridgehead atoms. The molecule has 5 heteroatoms. The highest BCUT2D eigenvalue weighted by atomic mass is 16.6. The monoisotopic (exact) mass is 491 g/mol. The summed E-state index contributed by atoms with van der Waals surface area (Å²) in [5, 5.41) is 24.7. The Bertz CT molecular complexity index is 1040. The number of aromatic hydroxyl groups is 1. The van der Waals surface area contributed by atoms with E-state index < -0.39 is 0 Å². The van der Waals surface area contributed by atoms with Crippen molar-refractivity contribution in [2.75, 3.05) is 20.2 Å². The molecule has 1 unspecified atom stereocenters. The Kier molecular flexibility index (Phi) is 8.53. The molecule has 36 heavy (non-hydrogen) atoms. The van der Waals surface area contributed by atoms with Crippen molar-refractivity contribution < 1.29 is 9.94 Å². The van der Waals surface area contributed by atoms with Crippen LogP contribution in [0.5, 0.6) is 5.75 Å². The average Bonchev–Trinajstić information content (AvgIpc) is 3.07. The van der Waals surface area contributed by atoms with E-state index in [1.165, 1.54) is 5.56 Å². The van der Waals surface area contributed by atoms with Gasteiger partial charge in [0, 0.05) is 29.2 Å². The van der Waals surface area contributed by atoms with Crippen molar-refractivity contribution in [1.29, 1.82) is 5.41 Å². The van der Waals surface area contributed by atoms with E-state index in [1.54, 1.807) is 7.11 Å². The van der Waals surface area contributed by atoms with Crippen LogP contribution in [0.1, 0.15) is 83.6 Å². The van der Waals surface area contributed by atoms with E-state index in [9.17, 15) is 5.11 Å². The molecule has 1 aliphatic heterocycles. The van der Waals surface area contributed by atoms with Gasteiger partial charge in [-0.25, -0.2) is 0 Å². The van der Waals surface area contributed by atoms with Crippen LogP contribution in [0.3, 0.4) is 0 Å². The highest BCUT2D eigenvalue weighted by Crippen LogP contribution is 2.40. The van der Waals surface area contributed by atoms with Gasteiger partial charge in [-0.15, -0.1) is 0 Å². The van der Waals surface area contributed by atoms with Crippen LogP contribution in [0, 0.1) is 17.2 Å². The number of oxime groups is 1. The van der Waals surface area contributed by atoms with E-state index in [1.807, 2.05) is 18.2 Å². The fourth-order valence-electron chi connectivity index (χ4n) is 5.32. The third kappa shape index (κ3) is 6.29. The van der Waals surface area contributed by atoms with Gasteiger partial charge in [0.2, 0.25) is 0 Å². The SMILES string of the molecule is CCCC1CN(CC(=NOC)c2cc(C(C)(C)C)c(O)c(C(C)(C)C)c2)C(=N)[C@@H]1Cc1ccccc1. The Morgan fingerprint density at radius 1 is 1.06 bits per heavy atom. The molecule has 0 aliphatic carbocycles. The Hall–Kier alpha value is -2.82. The minimum atomic E-state index is -0.231. The number of nitrogens with one attached hydrogen (secondary N) is 1. The zero-order chi connectivity index (χ0) is 26.7. The summed E-state index contributed by atoms with van der Waals surface area (Å²) < 4.78 is 0. The first-order valence-corrected chi connectivity index (χ1v) is 13.2. The highest BCUT2D eigenvalue weighted by Gasteiger charge is 2.37. The molecule has 0 radical (unpaired) electrons. The zero-order valence-electron chi connectivity index (χ0n) is 23.5. The smallest absolute Gasteiger partial charge is 0.123 e. The molecular weight excluding hydrogens is 446 g/mol. The van der Waals surface area contributed by atoms with Crippen molar-refractivity contribution in [2.24, 2.45) is 17.0 Å².